The second-order valence-electron chi connectivity index (χ2n) is 7.98. The third kappa shape index (κ3) is 3.76. The molecule has 1 aromatic carbocycles. The summed E-state index contributed by atoms with van der Waals surface area (Å²) in [5, 5.41) is 1.04. The number of nitrogens with zero attached hydrogens (tertiary/aromatic N) is 2. The molecule has 1 saturated heterocycles. The van der Waals surface area contributed by atoms with E-state index in [-0.39, 0.29) is 18.1 Å². The van der Waals surface area contributed by atoms with Gasteiger partial charge in [0.25, 0.3) is 0 Å². The van der Waals surface area contributed by atoms with E-state index >= 15 is 0 Å². The van der Waals surface area contributed by atoms with Gasteiger partial charge >= 0.3 is 0 Å². The van der Waals surface area contributed by atoms with Crippen molar-refractivity contribution in [3.05, 3.63) is 36.1 Å². The standard InChI is InChI=1S/C22H30N2O3/c1-23(22(25)14-16-6-5-7-21-18(16)10-13-27-21)20-15-17(26-2)8-9-19(20)24-11-3-4-12-24/h5-7,10,13,17,19-20H,3-4,8-9,11-12,14-15H2,1-2H3/t17-,19-,20-/m0/s1. The van der Waals surface area contributed by atoms with E-state index < -0.39 is 0 Å². The van der Waals surface area contributed by atoms with Crippen molar-refractivity contribution >= 4 is 16.9 Å². The van der Waals surface area contributed by atoms with Gasteiger partial charge in [-0.1, -0.05) is 12.1 Å². The Hall–Kier alpha value is -1.85. The van der Waals surface area contributed by atoms with E-state index in [9.17, 15) is 4.79 Å². The molecule has 0 unspecified atom stereocenters. The molecule has 146 valence electrons. The molecule has 1 aliphatic heterocycles. The number of hydrogen-bond acceptors (Lipinski definition) is 4. The van der Waals surface area contributed by atoms with E-state index in [4.69, 9.17) is 9.15 Å². The van der Waals surface area contributed by atoms with Crippen LogP contribution in [0, 0.1) is 0 Å². The van der Waals surface area contributed by atoms with Crippen LogP contribution in [-0.2, 0) is 16.0 Å². The number of furan rings is 1. The topological polar surface area (TPSA) is 45.9 Å². The lowest BCUT2D eigenvalue weighted by molar-refractivity contribution is -0.134. The highest BCUT2D eigenvalue weighted by molar-refractivity contribution is 5.87. The molecular weight excluding hydrogens is 340 g/mol. The lowest BCUT2D eigenvalue weighted by Gasteiger charge is -2.44. The van der Waals surface area contributed by atoms with Crippen LogP contribution in [-0.4, -0.2) is 61.1 Å². The summed E-state index contributed by atoms with van der Waals surface area (Å²) in [5.74, 6) is 0.176. The zero-order chi connectivity index (χ0) is 18.8. The Morgan fingerprint density at radius 3 is 2.85 bits per heavy atom. The van der Waals surface area contributed by atoms with Crippen molar-refractivity contribution in [3.63, 3.8) is 0 Å². The Morgan fingerprint density at radius 2 is 2.07 bits per heavy atom. The van der Waals surface area contributed by atoms with Crippen molar-refractivity contribution in [1.29, 1.82) is 0 Å². The fraction of sp³-hybridized carbons (Fsp3) is 0.591. The minimum absolute atomic E-state index is 0.176. The Morgan fingerprint density at radius 1 is 1.26 bits per heavy atom. The zero-order valence-electron chi connectivity index (χ0n) is 16.4. The first-order valence-corrected chi connectivity index (χ1v) is 10.1. The van der Waals surface area contributed by atoms with Crippen molar-refractivity contribution in [3.8, 4) is 0 Å². The molecule has 5 heteroatoms. The molecule has 0 radical (unpaired) electrons. The minimum Gasteiger partial charge on any atom is -0.464 e. The van der Waals surface area contributed by atoms with Gasteiger partial charge < -0.3 is 14.1 Å². The van der Waals surface area contributed by atoms with Gasteiger partial charge in [0.2, 0.25) is 5.91 Å². The summed E-state index contributed by atoms with van der Waals surface area (Å²) in [4.78, 5) is 17.8. The monoisotopic (exact) mass is 370 g/mol. The lowest BCUT2D eigenvalue weighted by atomic mass is 9.86. The highest BCUT2D eigenvalue weighted by atomic mass is 16.5. The average Bonchev–Trinajstić information content (AvgIpc) is 3.39. The first-order valence-electron chi connectivity index (χ1n) is 10.1. The maximum atomic E-state index is 13.2. The smallest absolute Gasteiger partial charge is 0.227 e. The van der Waals surface area contributed by atoms with Gasteiger partial charge in [-0.2, -0.15) is 0 Å². The number of carbonyl (C=O) groups is 1. The van der Waals surface area contributed by atoms with Crippen molar-refractivity contribution in [1.82, 2.24) is 9.80 Å². The van der Waals surface area contributed by atoms with Crippen LogP contribution in [0.3, 0.4) is 0 Å². The van der Waals surface area contributed by atoms with Crippen molar-refractivity contribution in [2.45, 2.75) is 56.7 Å². The summed E-state index contributed by atoms with van der Waals surface area (Å²) < 4.78 is 11.1. The van der Waals surface area contributed by atoms with Gasteiger partial charge in [0.05, 0.1) is 18.8 Å². The molecule has 3 atom stereocenters. The Balaban J connectivity index is 1.51. The fourth-order valence-corrected chi connectivity index (χ4v) is 4.91. The first kappa shape index (κ1) is 18.5. The second-order valence-corrected chi connectivity index (χ2v) is 7.98. The second kappa shape index (κ2) is 8.03. The van der Waals surface area contributed by atoms with Crippen LogP contribution >= 0.6 is 0 Å². The third-order valence-corrected chi connectivity index (χ3v) is 6.49. The Bertz CT molecular complexity index is 781. The van der Waals surface area contributed by atoms with E-state index in [0.29, 0.717) is 12.5 Å². The molecule has 4 rings (SSSR count). The molecule has 1 aliphatic carbocycles. The molecule has 5 nitrogen and oxygen atoms in total. The molecule has 2 fully saturated rings. The maximum absolute atomic E-state index is 13.2. The third-order valence-electron chi connectivity index (χ3n) is 6.49. The van der Waals surface area contributed by atoms with Crippen molar-refractivity contribution in [2.24, 2.45) is 0 Å². The quantitative estimate of drug-likeness (QED) is 0.809. The van der Waals surface area contributed by atoms with Crippen LogP contribution in [0.15, 0.2) is 34.9 Å². The van der Waals surface area contributed by atoms with E-state index in [0.717, 1.165) is 48.9 Å². The number of likely N-dealkylation sites (N-methyl/N-ethyl adjacent to an activating group) is 1. The molecule has 1 saturated carbocycles. The molecule has 2 aromatic rings. The molecule has 0 spiro atoms. The number of rotatable bonds is 5. The molecule has 27 heavy (non-hydrogen) atoms. The van der Waals surface area contributed by atoms with Crippen molar-refractivity contribution < 1.29 is 13.9 Å². The minimum atomic E-state index is 0.176. The maximum Gasteiger partial charge on any atom is 0.227 e. The summed E-state index contributed by atoms with van der Waals surface area (Å²) in [6.45, 7) is 2.32. The summed E-state index contributed by atoms with van der Waals surface area (Å²) in [6, 6.07) is 8.56. The summed E-state index contributed by atoms with van der Waals surface area (Å²) in [7, 11) is 3.77. The van der Waals surface area contributed by atoms with Gasteiger partial charge in [-0.15, -0.1) is 0 Å². The average molecular weight is 370 g/mol. The van der Waals surface area contributed by atoms with Gasteiger partial charge in [0.1, 0.15) is 5.58 Å². The number of hydrogen-bond donors (Lipinski definition) is 0. The molecule has 1 amide bonds. The van der Waals surface area contributed by atoms with Gasteiger partial charge in [0, 0.05) is 31.6 Å². The van der Waals surface area contributed by atoms with Gasteiger partial charge in [-0.3, -0.25) is 9.69 Å². The summed E-state index contributed by atoms with van der Waals surface area (Å²) in [5.41, 5.74) is 1.88. The zero-order valence-corrected chi connectivity index (χ0v) is 16.4. The van der Waals surface area contributed by atoms with Crippen LogP contribution in [0.25, 0.3) is 11.0 Å². The first-order chi connectivity index (χ1) is 13.2. The number of ether oxygens (including phenoxy) is 1. The predicted octanol–water partition coefficient (Wildman–Crippen LogP) is 3.47. The summed E-state index contributed by atoms with van der Waals surface area (Å²) in [6.07, 6.45) is 8.03. The number of likely N-dealkylation sites (tertiary alicyclic amines) is 1. The van der Waals surface area contributed by atoms with Gasteiger partial charge in [-0.25, -0.2) is 0 Å². The van der Waals surface area contributed by atoms with Crippen LogP contribution in [0.5, 0.6) is 0 Å². The van der Waals surface area contributed by atoms with E-state index in [1.807, 2.05) is 36.2 Å². The molecule has 0 N–H and O–H groups in total. The van der Waals surface area contributed by atoms with Crippen LogP contribution < -0.4 is 0 Å². The number of fused-ring (bicyclic) bond motifs is 1. The number of carbonyl (C=O) groups excluding carboxylic acids is 1. The number of amides is 1. The molecule has 1 aromatic heterocycles. The van der Waals surface area contributed by atoms with Crippen LogP contribution in [0.2, 0.25) is 0 Å². The van der Waals surface area contributed by atoms with Crippen LogP contribution in [0.1, 0.15) is 37.7 Å². The molecule has 0 bridgehead atoms. The fourth-order valence-electron chi connectivity index (χ4n) is 4.91. The SMILES string of the molecule is CO[C@H]1CC[C@H](N2CCCC2)[C@@H](N(C)C(=O)Cc2cccc3occc23)C1. The number of benzene rings is 1. The summed E-state index contributed by atoms with van der Waals surface area (Å²) >= 11 is 0. The van der Waals surface area contributed by atoms with E-state index in [1.165, 1.54) is 12.8 Å². The Labute approximate surface area is 161 Å². The van der Waals surface area contributed by atoms with E-state index in [2.05, 4.69) is 4.90 Å². The Kier molecular flexibility index (Phi) is 5.50. The lowest BCUT2D eigenvalue weighted by Crippen LogP contribution is -2.55. The number of methoxy groups -OCH3 is 1. The molecular formula is C22H30N2O3. The highest BCUT2D eigenvalue weighted by Gasteiger charge is 2.38. The van der Waals surface area contributed by atoms with Gasteiger partial charge in [-0.05, 0) is 62.9 Å². The normalized spacial score (nSPS) is 26.5. The van der Waals surface area contributed by atoms with E-state index in [1.54, 1.807) is 13.4 Å². The molecule has 2 heterocycles. The van der Waals surface area contributed by atoms with Crippen molar-refractivity contribution in [2.75, 3.05) is 27.2 Å². The van der Waals surface area contributed by atoms with Crippen LogP contribution in [0.4, 0.5) is 0 Å². The highest BCUT2D eigenvalue weighted by Crippen LogP contribution is 2.31. The van der Waals surface area contributed by atoms with Gasteiger partial charge in [0.15, 0.2) is 0 Å². The molecule has 2 aliphatic rings. The predicted molar refractivity (Wildman–Crippen MR) is 106 cm³/mol. The largest absolute Gasteiger partial charge is 0.464 e.